The highest BCUT2D eigenvalue weighted by atomic mass is 16.6. The van der Waals surface area contributed by atoms with E-state index < -0.39 is 28.6 Å². The third-order valence-corrected chi connectivity index (χ3v) is 3.38. The molecule has 0 saturated carbocycles. The number of hydrogen-bond acceptors (Lipinski definition) is 6. The Labute approximate surface area is 142 Å². The zero-order valence-electron chi connectivity index (χ0n) is 13.9. The average molecular weight is 347 g/mol. The number of non-ortho nitro benzene ring substituents is 1. The lowest BCUT2D eigenvalue weighted by Gasteiger charge is -2.14. The molecule has 0 saturated heterocycles. The van der Waals surface area contributed by atoms with Gasteiger partial charge in [0.05, 0.1) is 16.6 Å². The molecule has 0 bridgehead atoms. The molecule has 0 unspecified atom stereocenters. The number of carbonyl (C=O) groups is 3. The molecular weight excluding hydrogens is 330 g/mol. The highest BCUT2D eigenvalue weighted by molar-refractivity contribution is 6.45. The Morgan fingerprint density at radius 2 is 1.92 bits per heavy atom. The number of ether oxygens (including phenoxy) is 1. The number of aromatic amines is 1. The SMILES string of the molecule is CC(C)OC(=O)[C@H](C)NC(=O)C(=O)c1c[nH]c2ccc([N+](=O)[O-])cc12. The summed E-state index contributed by atoms with van der Waals surface area (Å²) in [6.07, 6.45) is 0.949. The van der Waals surface area contributed by atoms with Crippen LogP contribution in [0.15, 0.2) is 24.4 Å². The fraction of sp³-hybridized carbons (Fsp3) is 0.312. The van der Waals surface area contributed by atoms with Crippen LogP contribution in [0.4, 0.5) is 5.69 Å². The number of benzene rings is 1. The molecule has 0 spiro atoms. The minimum atomic E-state index is -1.00. The molecule has 1 atom stereocenters. The van der Waals surface area contributed by atoms with Crippen molar-refractivity contribution in [2.24, 2.45) is 0 Å². The van der Waals surface area contributed by atoms with Gasteiger partial charge in [0, 0.05) is 29.2 Å². The second kappa shape index (κ2) is 7.12. The van der Waals surface area contributed by atoms with Crippen molar-refractivity contribution in [3.63, 3.8) is 0 Å². The average Bonchev–Trinajstić information content (AvgIpc) is 2.96. The van der Waals surface area contributed by atoms with E-state index in [1.165, 1.54) is 31.3 Å². The first kappa shape index (κ1) is 18.1. The number of nitrogens with zero attached hydrogens (tertiary/aromatic N) is 1. The summed E-state index contributed by atoms with van der Waals surface area (Å²) in [6, 6.07) is 2.95. The lowest BCUT2D eigenvalue weighted by molar-refractivity contribution is -0.384. The molecule has 1 aromatic heterocycles. The van der Waals surface area contributed by atoms with Gasteiger partial charge in [0.1, 0.15) is 6.04 Å². The molecule has 0 aliphatic rings. The van der Waals surface area contributed by atoms with Gasteiger partial charge in [-0.15, -0.1) is 0 Å². The number of carbonyl (C=O) groups excluding carboxylic acids is 3. The summed E-state index contributed by atoms with van der Waals surface area (Å²) in [5, 5.41) is 13.4. The van der Waals surface area contributed by atoms with Crippen LogP contribution in [0.1, 0.15) is 31.1 Å². The predicted octanol–water partition coefficient (Wildman–Crippen LogP) is 1.72. The first-order valence-electron chi connectivity index (χ1n) is 7.52. The molecule has 2 aromatic rings. The number of rotatable bonds is 6. The number of nitro benzene ring substituents is 1. The zero-order chi connectivity index (χ0) is 18.7. The molecule has 9 heteroatoms. The van der Waals surface area contributed by atoms with Crippen molar-refractivity contribution < 1.29 is 24.0 Å². The Morgan fingerprint density at radius 3 is 2.52 bits per heavy atom. The number of ketones is 1. The number of aromatic nitrogens is 1. The topological polar surface area (TPSA) is 131 Å². The maximum absolute atomic E-state index is 12.3. The molecule has 1 heterocycles. The standard InChI is InChI=1S/C16H17N3O6/c1-8(2)25-16(22)9(3)18-15(21)14(20)12-7-17-13-5-4-10(19(23)24)6-11(12)13/h4-9,17H,1-3H3,(H,18,21)/t9-/m0/s1. The molecule has 1 aromatic carbocycles. The van der Waals surface area contributed by atoms with Gasteiger partial charge in [0.2, 0.25) is 0 Å². The van der Waals surface area contributed by atoms with Crippen molar-refractivity contribution in [3.8, 4) is 0 Å². The third kappa shape index (κ3) is 4.00. The van der Waals surface area contributed by atoms with Crippen LogP contribution in [-0.4, -0.2) is 39.7 Å². The van der Waals surface area contributed by atoms with Crippen molar-refractivity contribution in [2.75, 3.05) is 0 Å². The molecule has 2 N–H and O–H groups in total. The highest BCUT2D eigenvalue weighted by Gasteiger charge is 2.25. The van der Waals surface area contributed by atoms with Crippen LogP contribution < -0.4 is 5.32 Å². The normalized spacial score (nSPS) is 12.0. The van der Waals surface area contributed by atoms with Gasteiger partial charge in [-0.05, 0) is 26.8 Å². The molecule has 0 radical (unpaired) electrons. The third-order valence-electron chi connectivity index (χ3n) is 3.38. The van der Waals surface area contributed by atoms with E-state index in [9.17, 15) is 24.5 Å². The van der Waals surface area contributed by atoms with E-state index in [-0.39, 0.29) is 22.7 Å². The van der Waals surface area contributed by atoms with Gasteiger partial charge in [-0.2, -0.15) is 0 Å². The number of nitrogens with one attached hydrogen (secondary N) is 2. The summed E-state index contributed by atoms with van der Waals surface area (Å²) in [7, 11) is 0. The zero-order valence-corrected chi connectivity index (χ0v) is 13.9. The van der Waals surface area contributed by atoms with Crippen molar-refractivity contribution in [3.05, 3.63) is 40.1 Å². The van der Waals surface area contributed by atoms with E-state index in [1.807, 2.05) is 0 Å². The Hall–Kier alpha value is -3.23. The van der Waals surface area contributed by atoms with Gasteiger partial charge in [-0.1, -0.05) is 0 Å². The molecule has 25 heavy (non-hydrogen) atoms. The van der Waals surface area contributed by atoms with E-state index in [0.29, 0.717) is 5.52 Å². The second-order valence-corrected chi connectivity index (χ2v) is 5.70. The summed E-state index contributed by atoms with van der Waals surface area (Å²) in [4.78, 5) is 49.2. The summed E-state index contributed by atoms with van der Waals surface area (Å²) in [5.74, 6) is -2.57. The number of H-pyrrole nitrogens is 1. The molecule has 132 valence electrons. The lowest BCUT2D eigenvalue weighted by atomic mass is 10.1. The minimum Gasteiger partial charge on any atom is -0.461 e. The van der Waals surface area contributed by atoms with Crippen molar-refractivity contribution in [1.82, 2.24) is 10.3 Å². The molecular formula is C16H17N3O6. The van der Waals surface area contributed by atoms with E-state index in [1.54, 1.807) is 13.8 Å². The molecule has 9 nitrogen and oxygen atoms in total. The monoisotopic (exact) mass is 347 g/mol. The molecule has 0 aliphatic carbocycles. The van der Waals surface area contributed by atoms with Gasteiger partial charge in [0.25, 0.3) is 17.4 Å². The van der Waals surface area contributed by atoms with Crippen molar-refractivity contribution >= 4 is 34.3 Å². The maximum Gasteiger partial charge on any atom is 0.328 e. The van der Waals surface area contributed by atoms with Gasteiger partial charge in [0.15, 0.2) is 0 Å². The Bertz CT molecular complexity index is 855. The Kier molecular flexibility index (Phi) is 5.16. The fourth-order valence-corrected chi connectivity index (χ4v) is 2.19. The summed E-state index contributed by atoms with van der Waals surface area (Å²) < 4.78 is 4.95. The number of hydrogen-bond donors (Lipinski definition) is 2. The smallest absolute Gasteiger partial charge is 0.328 e. The number of fused-ring (bicyclic) bond motifs is 1. The van der Waals surface area contributed by atoms with Crippen LogP contribution >= 0.6 is 0 Å². The largest absolute Gasteiger partial charge is 0.461 e. The summed E-state index contributed by atoms with van der Waals surface area (Å²) in [6.45, 7) is 4.73. The molecule has 0 aliphatic heterocycles. The number of Topliss-reactive ketones (excluding diaryl/α,β-unsaturated/α-hetero) is 1. The van der Waals surface area contributed by atoms with Crippen LogP contribution in [0.5, 0.6) is 0 Å². The summed E-state index contributed by atoms with van der Waals surface area (Å²) >= 11 is 0. The Morgan fingerprint density at radius 1 is 1.24 bits per heavy atom. The van der Waals surface area contributed by atoms with Gasteiger partial charge < -0.3 is 15.0 Å². The van der Waals surface area contributed by atoms with E-state index in [2.05, 4.69) is 10.3 Å². The second-order valence-electron chi connectivity index (χ2n) is 5.70. The predicted molar refractivity (Wildman–Crippen MR) is 88.1 cm³/mol. The first-order valence-corrected chi connectivity index (χ1v) is 7.52. The molecule has 1 amide bonds. The van der Waals surface area contributed by atoms with E-state index in [4.69, 9.17) is 4.74 Å². The van der Waals surface area contributed by atoms with Crippen LogP contribution in [-0.2, 0) is 14.3 Å². The molecule has 0 fully saturated rings. The number of amides is 1. The van der Waals surface area contributed by atoms with Crippen LogP contribution in [0, 0.1) is 10.1 Å². The van der Waals surface area contributed by atoms with Crippen LogP contribution in [0.3, 0.4) is 0 Å². The van der Waals surface area contributed by atoms with Gasteiger partial charge in [-0.3, -0.25) is 19.7 Å². The highest BCUT2D eigenvalue weighted by Crippen LogP contribution is 2.24. The van der Waals surface area contributed by atoms with Crippen LogP contribution in [0.2, 0.25) is 0 Å². The van der Waals surface area contributed by atoms with Gasteiger partial charge >= 0.3 is 5.97 Å². The Balaban J connectivity index is 2.21. The van der Waals surface area contributed by atoms with E-state index in [0.717, 1.165) is 0 Å². The minimum absolute atomic E-state index is 0.0133. The number of esters is 1. The van der Waals surface area contributed by atoms with Crippen molar-refractivity contribution in [1.29, 1.82) is 0 Å². The van der Waals surface area contributed by atoms with E-state index >= 15 is 0 Å². The fourth-order valence-electron chi connectivity index (χ4n) is 2.19. The number of nitro groups is 1. The lowest BCUT2D eigenvalue weighted by Crippen LogP contribution is -2.43. The molecule has 2 rings (SSSR count). The first-order chi connectivity index (χ1) is 11.7. The maximum atomic E-state index is 12.3. The van der Waals surface area contributed by atoms with Crippen LogP contribution in [0.25, 0.3) is 10.9 Å². The van der Waals surface area contributed by atoms with Crippen molar-refractivity contribution in [2.45, 2.75) is 32.9 Å². The summed E-state index contributed by atoms with van der Waals surface area (Å²) in [5.41, 5.74) is 0.269. The van der Waals surface area contributed by atoms with Gasteiger partial charge in [-0.25, -0.2) is 4.79 Å². The quantitative estimate of drug-likeness (QED) is 0.269.